The van der Waals surface area contributed by atoms with Crippen molar-refractivity contribution in [2.75, 3.05) is 24.5 Å². The van der Waals surface area contributed by atoms with Gasteiger partial charge in [0.05, 0.1) is 4.90 Å². The number of anilines is 1. The summed E-state index contributed by atoms with van der Waals surface area (Å²) in [5, 5.41) is 0. The molecule has 0 spiro atoms. The van der Waals surface area contributed by atoms with Gasteiger partial charge in [-0.3, -0.25) is 9.69 Å². The number of aryl methyl sites for hydroxylation is 1. The van der Waals surface area contributed by atoms with Gasteiger partial charge in [-0.25, -0.2) is 21.9 Å². The molecule has 2 saturated heterocycles. The van der Waals surface area contributed by atoms with Crippen molar-refractivity contribution in [2.45, 2.75) is 50.1 Å². The van der Waals surface area contributed by atoms with Crippen LogP contribution in [-0.2, 0) is 21.4 Å². The van der Waals surface area contributed by atoms with E-state index in [1.165, 1.54) is 6.07 Å². The zero-order valence-corrected chi connectivity index (χ0v) is 18.8. The lowest BCUT2D eigenvalue weighted by atomic mass is 10.1. The van der Waals surface area contributed by atoms with E-state index in [1.807, 2.05) is 0 Å². The van der Waals surface area contributed by atoms with Crippen molar-refractivity contribution >= 4 is 21.6 Å². The number of hydrogen-bond acceptors (Lipinski definition) is 4. The van der Waals surface area contributed by atoms with Crippen molar-refractivity contribution in [2.24, 2.45) is 0 Å². The van der Waals surface area contributed by atoms with Gasteiger partial charge < -0.3 is 4.90 Å². The quantitative estimate of drug-likeness (QED) is 0.714. The minimum absolute atomic E-state index is 0.0632. The van der Waals surface area contributed by atoms with E-state index in [0.717, 1.165) is 18.2 Å². The predicted molar refractivity (Wildman–Crippen MR) is 118 cm³/mol. The molecule has 4 rings (SSSR count). The molecule has 0 aliphatic carbocycles. The van der Waals surface area contributed by atoms with Gasteiger partial charge in [-0.2, -0.15) is 0 Å². The van der Waals surface area contributed by atoms with Gasteiger partial charge in [0.2, 0.25) is 15.9 Å². The second kappa shape index (κ2) is 9.25. The van der Waals surface area contributed by atoms with Crippen LogP contribution in [0.1, 0.15) is 36.8 Å². The summed E-state index contributed by atoms with van der Waals surface area (Å²) >= 11 is 0. The maximum absolute atomic E-state index is 13.4. The summed E-state index contributed by atoms with van der Waals surface area (Å²) in [5.41, 5.74) is 2.02. The van der Waals surface area contributed by atoms with E-state index in [2.05, 4.69) is 9.62 Å². The molecule has 0 unspecified atom stereocenters. The Kier molecular flexibility index (Phi) is 6.60. The van der Waals surface area contributed by atoms with E-state index < -0.39 is 21.7 Å². The second-order valence-electron chi connectivity index (χ2n) is 8.52. The van der Waals surface area contributed by atoms with Crippen LogP contribution in [0.4, 0.5) is 14.5 Å². The summed E-state index contributed by atoms with van der Waals surface area (Å²) in [5.74, 6) is -1.66. The van der Waals surface area contributed by atoms with E-state index in [-0.39, 0.29) is 16.8 Å². The number of halogens is 2. The molecule has 2 fully saturated rings. The van der Waals surface area contributed by atoms with E-state index in [9.17, 15) is 22.0 Å². The number of nitrogens with zero attached hydrogens (tertiary/aromatic N) is 2. The van der Waals surface area contributed by atoms with Crippen molar-refractivity contribution < 1.29 is 22.0 Å². The standard InChI is InChI=1S/C23H27F2N3O3S/c1-16-13-19(28-10-2-3-23(28)29)5-7-22(16)32(30,31)26-18-8-11-27(12-9-18)15-17-4-6-20(24)21(25)14-17/h4-7,13-14,18,26H,2-3,8-12,15H2,1H3. The van der Waals surface area contributed by atoms with Gasteiger partial charge in [-0.05, 0) is 67.6 Å². The molecule has 32 heavy (non-hydrogen) atoms. The highest BCUT2D eigenvalue weighted by molar-refractivity contribution is 7.89. The van der Waals surface area contributed by atoms with Gasteiger partial charge in [-0.15, -0.1) is 0 Å². The summed E-state index contributed by atoms with van der Waals surface area (Å²) in [6, 6.07) is 8.70. The first-order chi connectivity index (χ1) is 15.2. The van der Waals surface area contributed by atoms with Crippen molar-refractivity contribution in [1.82, 2.24) is 9.62 Å². The van der Waals surface area contributed by atoms with Gasteiger partial charge in [0.25, 0.3) is 0 Å². The lowest BCUT2D eigenvalue weighted by Crippen LogP contribution is -2.44. The molecule has 0 radical (unpaired) electrons. The molecule has 2 aliphatic heterocycles. The molecule has 2 aromatic rings. The smallest absolute Gasteiger partial charge is 0.241 e. The van der Waals surface area contributed by atoms with E-state index in [0.29, 0.717) is 56.6 Å². The molecule has 172 valence electrons. The number of amides is 1. The molecule has 0 bridgehead atoms. The van der Waals surface area contributed by atoms with E-state index in [4.69, 9.17) is 0 Å². The van der Waals surface area contributed by atoms with Crippen LogP contribution >= 0.6 is 0 Å². The Balaban J connectivity index is 1.36. The third kappa shape index (κ3) is 5.00. The monoisotopic (exact) mass is 463 g/mol. The van der Waals surface area contributed by atoms with E-state index >= 15 is 0 Å². The van der Waals surface area contributed by atoms with Crippen LogP contribution in [0.15, 0.2) is 41.3 Å². The van der Waals surface area contributed by atoms with Gasteiger partial charge in [0, 0.05) is 44.3 Å². The van der Waals surface area contributed by atoms with Crippen LogP contribution < -0.4 is 9.62 Å². The summed E-state index contributed by atoms with van der Waals surface area (Å²) in [6.45, 7) is 4.20. The molecule has 0 aromatic heterocycles. The fourth-order valence-electron chi connectivity index (χ4n) is 4.41. The third-order valence-electron chi connectivity index (χ3n) is 6.13. The average molecular weight is 464 g/mol. The summed E-state index contributed by atoms with van der Waals surface area (Å²) in [4.78, 5) is 16.0. The Morgan fingerprint density at radius 3 is 2.41 bits per heavy atom. The number of benzene rings is 2. The first-order valence-electron chi connectivity index (χ1n) is 10.8. The molecular formula is C23H27F2N3O3S. The molecule has 1 N–H and O–H groups in total. The van der Waals surface area contributed by atoms with Crippen LogP contribution in [-0.4, -0.2) is 44.9 Å². The van der Waals surface area contributed by atoms with Crippen LogP contribution in [0.25, 0.3) is 0 Å². The Bertz CT molecular complexity index is 1120. The molecule has 2 aliphatic rings. The van der Waals surface area contributed by atoms with Crippen LogP contribution in [0, 0.1) is 18.6 Å². The fraction of sp³-hybridized carbons (Fsp3) is 0.435. The molecular weight excluding hydrogens is 436 g/mol. The predicted octanol–water partition coefficient (Wildman–Crippen LogP) is 3.34. The van der Waals surface area contributed by atoms with Crippen molar-refractivity contribution in [3.05, 3.63) is 59.2 Å². The molecule has 2 heterocycles. The number of nitrogens with one attached hydrogen (secondary N) is 1. The first-order valence-corrected chi connectivity index (χ1v) is 12.3. The molecule has 1 amide bonds. The lowest BCUT2D eigenvalue weighted by Gasteiger charge is -2.32. The minimum atomic E-state index is -3.69. The number of carbonyl (C=O) groups is 1. The van der Waals surface area contributed by atoms with E-state index in [1.54, 1.807) is 36.1 Å². The minimum Gasteiger partial charge on any atom is -0.312 e. The molecule has 6 nitrogen and oxygen atoms in total. The van der Waals surface area contributed by atoms with Crippen molar-refractivity contribution in [3.8, 4) is 0 Å². The van der Waals surface area contributed by atoms with Gasteiger partial charge in [-0.1, -0.05) is 6.07 Å². The Hall–Kier alpha value is -2.36. The maximum Gasteiger partial charge on any atom is 0.241 e. The normalized spacial score (nSPS) is 18.5. The number of likely N-dealkylation sites (tertiary alicyclic amines) is 1. The largest absolute Gasteiger partial charge is 0.312 e. The highest BCUT2D eigenvalue weighted by Crippen LogP contribution is 2.26. The Morgan fingerprint density at radius 1 is 1.03 bits per heavy atom. The number of rotatable bonds is 6. The van der Waals surface area contributed by atoms with Crippen LogP contribution in [0.2, 0.25) is 0 Å². The third-order valence-corrected chi connectivity index (χ3v) is 7.81. The molecule has 2 aromatic carbocycles. The Labute approximate surface area is 187 Å². The summed E-state index contributed by atoms with van der Waals surface area (Å²) in [7, 11) is -3.69. The summed E-state index contributed by atoms with van der Waals surface area (Å²) < 4.78 is 55.3. The zero-order chi connectivity index (χ0) is 22.9. The highest BCUT2D eigenvalue weighted by atomic mass is 32.2. The number of piperidine rings is 1. The lowest BCUT2D eigenvalue weighted by molar-refractivity contribution is -0.117. The number of sulfonamides is 1. The van der Waals surface area contributed by atoms with Gasteiger partial charge in [0.15, 0.2) is 11.6 Å². The molecule has 0 atom stereocenters. The van der Waals surface area contributed by atoms with Crippen LogP contribution in [0.3, 0.4) is 0 Å². The number of carbonyl (C=O) groups excluding carboxylic acids is 1. The first kappa shape index (κ1) is 22.8. The van der Waals surface area contributed by atoms with Crippen molar-refractivity contribution in [1.29, 1.82) is 0 Å². The van der Waals surface area contributed by atoms with Crippen molar-refractivity contribution in [3.63, 3.8) is 0 Å². The zero-order valence-electron chi connectivity index (χ0n) is 18.0. The SMILES string of the molecule is Cc1cc(N2CCCC2=O)ccc1S(=O)(=O)NC1CCN(Cc2ccc(F)c(F)c2)CC1. The van der Waals surface area contributed by atoms with Gasteiger partial charge in [0.1, 0.15) is 0 Å². The van der Waals surface area contributed by atoms with Gasteiger partial charge >= 0.3 is 0 Å². The fourth-order valence-corrected chi connectivity index (χ4v) is 5.94. The number of hydrogen-bond donors (Lipinski definition) is 1. The topological polar surface area (TPSA) is 69.7 Å². The Morgan fingerprint density at radius 2 is 1.78 bits per heavy atom. The molecule has 0 saturated carbocycles. The second-order valence-corrected chi connectivity index (χ2v) is 10.2. The summed E-state index contributed by atoms with van der Waals surface area (Å²) in [6.07, 6.45) is 2.59. The highest BCUT2D eigenvalue weighted by Gasteiger charge is 2.27. The molecule has 9 heteroatoms. The maximum atomic E-state index is 13.4. The van der Waals surface area contributed by atoms with Crippen LogP contribution in [0.5, 0.6) is 0 Å². The average Bonchev–Trinajstić information content (AvgIpc) is 3.17.